The Labute approximate surface area is 108 Å². The molecule has 1 aliphatic heterocycles. The molecule has 1 aliphatic rings. The molecule has 1 heterocycles. The summed E-state index contributed by atoms with van der Waals surface area (Å²) in [5.41, 5.74) is 1.19. The van der Waals surface area contributed by atoms with Crippen LogP contribution in [0.4, 0.5) is 0 Å². The third kappa shape index (κ3) is 3.84. The highest BCUT2D eigenvalue weighted by atomic mass is 16.5. The van der Waals surface area contributed by atoms with Gasteiger partial charge in [0.1, 0.15) is 5.70 Å². The van der Waals surface area contributed by atoms with Gasteiger partial charge in [-0.3, -0.25) is 4.79 Å². The maximum Gasteiger partial charge on any atom is 0.354 e. The Morgan fingerprint density at radius 3 is 2.78 bits per heavy atom. The summed E-state index contributed by atoms with van der Waals surface area (Å²) in [6.45, 7) is 6.03. The Hall–Kier alpha value is -1.36. The Morgan fingerprint density at radius 1 is 1.50 bits per heavy atom. The summed E-state index contributed by atoms with van der Waals surface area (Å²) in [7, 11) is 0. The largest absolute Gasteiger partial charge is 0.461 e. The predicted molar refractivity (Wildman–Crippen MR) is 66.7 cm³/mol. The molecular weight excluding hydrogens is 234 g/mol. The number of amides is 1. The van der Waals surface area contributed by atoms with Gasteiger partial charge in [0, 0.05) is 0 Å². The molecule has 1 amide bonds. The van der Waals surface area contributed by atoms with Crippen molar-refractivity contribution < 1.29 is 19.1 Å². The van der Waals surface area contributed by atoms with E-state index in [9.17, 15) is 9.59 Å². The van der Waals surface area contributed by atoms with E-state index in [0.717, 1.165) is 12.0 Å². The van der Waals surface area contributed by atoms with Crippen molar-refractivity contribution in [3.63, 3.8) is 0 Å². The number of carbonyl (C=O) groups is 2. The first-order chi connectivity index (χ1) is 8.62. The normalized spacial score (nSPS) is 26.4. The molecule has 5 nitrogen and oxygen atoms in total. The predicted octanol–water partition coefficient (Wildman–Crippen LogP) is 1.53. The monoisotopic (exact) mass is 255 g/mol. The molecule has 5 heteroatoms. The van der Waals surface area contributed by atoms with Crippen molar-refractivity contribution in [2.45, 2.75) is 52.2 Å². The second-order valence-corrected chi connectivity index (χ2v) is 4.35. The lowest BCUT2D eigenvalue weighted by atomic mass is 9.95. The van der Waals surface area contributed by atoms with Crippen LogP contribution in [-0.2, 0) is 19.1 Å². The summed E-state index contributed by atoms with van der Waals surface area (Å²) in [4.78, 5) is 22.4. The van der Waals surface area contributed by atoms with Gasteiger partial charge in [0.25, 0.3) is 0 Å². The van der Waals surface area contributed by atoms with Crippen molar-refractivity contribution >= 4 is 12.4 Å². The third-order valence-corrected chi connectivity index (χ3v) is 2.92. The van der Waals surface area contributed by atoms with Gasteiger partial charge < -0.3 is 14.8 Å². The molecule has 0 bridgehead atoms. The van der Waals surface area contributed by atoms with Gasteiger partial charge in [0.15, 0.2) is 0 Å². The molecule has 0 aromatic carbocycles. The standard InChI is InChI=1S/C13H21NO4/c1-4-11-7-10(6-9(3)18-11)12(14-8-15)13(16)17-5-2/h8-9,11H,4-7H2,1-3H3,(H,14,15)/b12-10+/t9-,11?/m1/s1. The van der Waals surface area contributed by atoms with Crippen LogP contribution >= 0.6 is 0 Å². The topological polar surface area (TPSA) is 64.6 Å². The van der Waals surface area contributed by atoms with Crippen LogP contribution < -0.4 is 5.32 Å². The first-order valence-electron chi connectivity index (χ1n) is 6.37. The molecule has 1 N–H and O–H groups in total. The highest BCUT2D eigenvalue weighted by Gasteiger charge is 2.26. The lowest BCUT2D eigenvalue weighted by Crippen LogP contribution is -2.31. The van der Waals surface area contributed by atoms with Crippen molar-refractivity contribution in [3.05, 3.63) is 11.3 Å². The Morgan fingerprint density at radius 2 is 2.22 bits per heavy atom. The van der Waals surface area contributed by atoms with Crippen LogP contribution in [-0.4, -0.2) is 31.2 Å². The van der Waals surface area contributed by atoms with Gasteiger partial charge in [0.2, 0.25) is 6.41 Å². The summed E-state index contributed by atoms with van der Waals surface area (Å²) in [5.74, 6) is -0.469. The quantitative estimate of drug-likeness (QED) is 0.459. The zero-order valence-corrected chi connectivity index (χ0v) is 11.2. The highest BCUT2D eigenvalue weighted by molar-refractivity contribution is 5.91. The van der Waals surface area contributed by atoms with Crippen LogP contribution in [0.3, 0.4) is 0 Å². The first kappa shape index (κ1) is 14.7. The Kier molecular flexibility index (Phi) is 5.85. The van der Waals surface area contributed by atoms with E-state index in [1.807, 2.05) is 13.8 Å². The number of carbonyl (C=O) groups excluding carboxylic acids is 2. The number of rotatable bonds is 5. The van der Waals surface area contributed by atoms with E-state index in [-0.39, 0.29) is 17.9 Å². The van der Waals surface area contributed by atoms with E-state index in [2.05, 4.69) is 5.32 Å². The van der Waals surface area contributed by atoms with E-state index in [1.54, 1.807) is 6.92 Å². The maximum atomic E-state index is 11.8. The number of esters is 1. The number of nitrogens with one attached hydrogen (secondary N) is 1. The second-order valence-electron chi connectivity index (χ2n) is 4.35. The van der Waals surface area contributed by atoms with Gasteiger partial charge in [0.05, 0.1) is 18.8 Å². The van der Waals surface area contributed by atoms with Crippen molar-refractivity contribution in [2.75, 3.05) is 6.61 Å². The lowest BCUT2D eigenvalue weighted by Gasteiger charge is -2.30. The summed E-state index contributed by atoms with van der Waals surface area (Å²) in [6.07, 6.45) is 2.85. The lowest BCUT2D eigenvalue weighted by molar-refractivity contribution is -0.139. The average molecular weight is 255 g/mol. The molecular formula is C13H21NO4. The molecule has 0 saturated carbocycles. The van der Waals surface area contributed by atoms with Crippen LogP contribution in [0.25, 0.3) is 0 Å². The van der Waals surface area contributed by atoms with Crippen molar-refractivity contribution in [3.8, 4) is 0 Å². The minimum Gasteiger partial charge on any atom is -0.461 e. The van der Waals surface area contributed by atoms with Gasteiger partial charge in [-0.25, -0.2) is 4.79 Å². The number of hydrogen-bond acceptors (Lipinski definition) is 4. The molecule has 0 aliphatic carbocycles. The molecule has 1 rings (SSSR count). The molecule has 102 valence electrons. The van der Waals surface area contributed by atoms with Gasteiger partial charge in [-0.15, -0.1) is 0 Å². The first-order valence-corrected chi connectivity index (χ1v) is 6.37. The van der Waals surface area contributed by atoms with E-state index in [1.165, 1.54) is 0 Å². The fourth-order valence-corrected chi connectivity index (χ4v) is 2.14. The summed E-state index contributed by atoms with van der Waals surface area (Å²) in [6, 6.07) is 0. The van der Waals surface area contributed by atoms with Crippen molar-refractivity contribution in [2.24, 2.45) is 0 Å². The van der Waals surface area contributed by atoms with Gasteiger partial charge in [-0.05, 0) is 38.7 Å². The van der Waals surface area contributed by atoms with Gasteiger partial charge in [-0.2, -0.15) is 0 Å². The zero-order chi connectivity index (χ0) is 13.5. The molecule has 1 unspecified atom stereocenters. The SMILES string of the molecule is CCOC(=O)/C(NC=O)=C1\CC(CC)O[C@H](C)C1. The smallest absolute Gasteiger partial charge is 0.354 e. The summed E-state index contributed by atoms with van der Waals surface area (Å²) in [5, 5.41) is 2.47. The van der Waals surface area contributed by atoms with E-state index >= 15 is 0 Å². The van der Waals surface area contributed by atoms with Crippen molar-refractivity contribution in [1.82, 2.24) is 5.32 Å². The molecule has 0 aromatic rings. The van der Waals surface area contributed by atoms with E-state index in [0.29, 0.717) is 25.9 Å². The highest BCUT2D eigenvalue weighted by Crippen LogP contribution is 2.27. The Balaban J connectivity index is 2.94. The minimum absolute atomic E-state index is 0.0524. The number of hydrogen-bond donors (Lipinski definition) is 1. The van der Waals surface area contributed by atoms with Crippen LogP contribution in [0.5, 0.6) is 0 Å². The van der Waals surface area contributed by atoms with Crippen LogP contribution in [0.15, 0.2) is 11.3 Å². The third-order valence-electron chi connectivity index (χ3n) is 2.92. The second kappa shape index (κ2) is 7.16. The number of ether oxygens (including phenoxy) is 2. The van der Waals surface area contributed by atoms with Crippen LogP contribution in [0, 0.1) is 0 Å². The van der Waals surface area contributed by atoms with Gasteiger partial charge in [-0.1, -0.05) is 6.92 Å². The molecule has 1 fully saturated rings. The minimum atomic E-state index is -0.469. The maximum absolute atomic E-state index is 11.8. The summed E-state index contributed by atoms with van der Waals surface area (Å²) < 4.78 is 10.7. The molecule has 1 saturated heterocycles. The fourth-order valence-electron chi connectivity index (χ4n) is 2.14. The summed E-state index contributed by atoms with van der Waals surface area (Å²) >= 11 is 0. The molecule has 0 radical (unpaired) electrons. The molecule has 0 aromatic heterocycles. The van der Waals surface area contributed by atoms with Crippen LogP contribution in [0.2, 0.25) is 0 Å². The molecule has 0 spiro atoms. The van der Waals surface area contributed by atoms with E-state index < -0.39 is 5.97 Å². The van der Waals surface area contributed by atoms with E-state index in [4.69, 9.17) is 9.47 Å². The fraction of sp³-hybridized carbons (Fsp3) is 0.692. The van der Waals surface area contributed by atoms with Crippen LogP contribution in [0.1, 0.15) is 40.0 Å². The average Bonchev–Trinajstić information content (AvgIpc) is 2.35. The van der Waals surface area contributed by atoms with Gasteiger partial charge >= 0.3 is 5.97 Å². The molecule has 2 atom stereocenters. The molecule has 18 heavy (non-hydrogen) atoms. The zero-order valence-electron chi connectivity index (χ0n) is 11.2. The van der Waals surface area contributed by atoms with Crippen molar-refractivity contribution in [1.29, 1.82) is 0 Å². The Bertz CT molecular complexity index is 338.